The van der Waals surface area contributed by atoms with Crippen molar-refractivity contribution in [1.29, 1.82) is 0 Å². The Balaban J connectivity index is 1.42. The van der Waals surface area contributed by atoms with E-state index in [0.717, 1.165) is 43.6 Å². The number of nitrogens with zero attached hydrogens (tertiary/aromatic N) is 2. The van der Waals surface area contributed by atoms with E-state index in [4.69, 9.17) is 9.47 Å². The summed E-state index contributed by atoms with van der Waals surface area (Å²) in [5.74, 6) is 0.831. The highest BCUT2D eigenvalue weighted by molar-refractivity contribution is 5.92. The third-order valence-electron chi connectivity index (χ3n) is 4.84. The number of ether oxygens (including phenoxy) is 2. The second-order valence-corrected chi connectivity index (χ2v) is 6.97. The largest absolute Gasteiger partial charge is 0.491 e. The van der Waals surface area contributed by atoms with Gasteiger partial charge < -0.3 is 14.4 Å². The van der Waals surface area contributed by atoms with E-state index in [1.54, 1.807) is 12.3 Å². The minimum atomic E-state index is -0.00113. The molecule has 5 nitrogen and oxygen atoms in total. The number of pyridine rings is 1. The van der Waals surface area contributed by atoms with Crippen LogP contribution in [0.1, 0.15) is 41.7 Å². The van der Waals surface area contributed by atoms with Gasteiger partial charge in [0.25, 0.3) is 5.91 Å². The maximum atomic E-state index is 12.8. The Morgan fingerprint density at radius 3 is 2.85 bits per heavy atom. The van der Waals surface area contributed by atoms with Crippen LogP contribution in [0.25, 0.3) is 0 Å². The fourth-order valence-corrected chi connectivity index (χ4v) is 3.28. The van der Waals surface area contributed by atoms with Crippen molar-refractivity contribution in [2.24, 2.45) is 0 Å². The van der Waals surface area contributed by atoms with Gasteiger partial charge in [-0.05, 0) is 55.5 Å². The Labute approximate surface area is 153 Å². The van der Waals surface area contributed by atoms with Gasteiger partial charge >= 0.3 is 0 Å². The Bertz CT molecular complexity index is 740. The highest BCUT2D eigenvalue weighted by atomic mass is 16.5. The number of benzene rings is 1. The number of aromatic nitrogens is 1. The Morgan fingerprint density at radius 1 is 1.19 bits per heavy atom. The van der Waals surface area contributed by atoms with Gasteiger partial charge in [0.05, 0.1) is 6.10 Å². The fraction of sp³-hybridized carbons (Fsp3) is 0.429. The van der Waals surface area contributed by atoms with Crippen molar-refractivity contribution in [2.75, 3.05) is 13.2 Å². The lowest BCUT2D eigenvalue weighted by atomic mass is 10.2. The molecule has 1 atom stereocenters. The van der Waals surface area contributed by atoms with E-state index in [-0.39, 0.29) is 12.0 Å². The predicted molar refractivity (Wildman–Crippen MR) is 98.0 cm³/mol. The Hall–Kier alpha value is -2.40. The molecule has 1 aromatic heterocycles. The number of hydrogen-bond acceptors (Lipinski definition) is 4. The molecular weight excluding hydrogens is 328 g/mol. The molecule has 26 heavy (non-hydrogen) atoms. The monoisotopic (exact) mass is 352 g/mol. The molecule has 1 aromatic carbocycles. The minimum Gasteiger partial charge on any atom is -0.491 e. The van der Waals surface area contributed by atoms with Crippen molar-refractivity contribution >= 4 is 5.91 Å². The molecule has 1 saturated carbocycles. The van der Waals surface area contributed by atoms with Gasteiger partial charge in [-0.1, -0.05) is 18.2 Å². The average Bonchev–Trinajstić information content (AvgIpc) is 3.40. The molecule has 0 spiro atoms. The van der Waals surface area contributed by atoms with Gasteiger partial charge in [-0.2, -0.15) is 0 Å². The fourth-order valence-electron chi connectivity index (χ4n) is 3.28. The third-order valence-corrected chi connectivity index (χ3v) is 4.84. The maximum absolute atomic E-state index is 12.8. The van der Waals surface area contributed by atoms with Crippen molar-refractivity contribution < 1.29 is 14.3 Å². The number of rotatable bonds is 7. The van der Waals surface area contributed by atoms with Gasteiger partial charge in [-0.15, -0.1) is 0 Å². The molecule has 0 bridgehead atoms. The molecule has 2 fully saturated rings. The molecule has 2 heterocycles. The lowest BCUT2D eigenvalue weighted by Gasteiger charge is -2.22. The lowest BCUT2D eigenvalue weighted by Crippen LogP contribution is -2.33. The van der Waals surface area contributed by atoms with Crippen LogP contribution in [0.2, 0.25) is 0 Å². The topological polar surface area (TPSA) is 51.7 Å². The zero-order chi connectivity index (χ0) is 17.8. The van der Waals surface area contributed by atoms with Crippen LogP contribution < -0.4 is 4.74 Å². The Morgan fingerprint density at radius 2 is 2.12 bits per heavy atom. The van der Waals surface area contributed by atoms with Crippen LogP contribution >= 0.6 is 0 Å². The van der Waals surface area contributed by atoms with Crippen molar-refractivity contribution in [3.8, 4) is 5.75 Å². The molecule has 0 radical (unpaired) electrons. The standard InChI is InChI=1S/C21H24N2O3/c24-21(20-8-1-2-11-22-20)23(17-9-10-17)14-16-5-3-6-18(13-16)26-15-19-7-4-12-25-19/h1-3,5-6,8,11,13,17,19H,4,7,9-10,12,14-15H2/t19-/m0/s1. The molecule has 1 aliphatic heterocycles. The summed E-state index contributed by atoms with van der Waals surface area (Å²) in [7, 11) is 0. The maximum Gasteiger partial charge on any atom is 0.272 e. The van der Waals surface area contributed by atoms with Gasteiger partial charge in [0.2, 0.25) is 0 Å². The van der Waals surface area contributed by atoms with Crippen molar-refractivity contribution in [2.45, 2.75) is 44.4 Å². The highest BCUT2D eigenvalue weighted by Crippen LogP contribution is 2.30. The molecule has 0 unspecified atom stereocenters. The lowest BCUT2D eigenvalue weighted by molar-refractivity contribution is 0.0678. The zero-order valence-corrected chi connectivity index (χ0v) is 14.8. The molecule has 2 aromatic rings. The first kappa shape index (κ1) is 17.0. The molecule has 1 amide bonds. The normalized spacial score (nSPS) is 19.3. The predicted octanol–water partition coefficient (Wildman–Crippen LogP) is 3.44. The minimum absolute atomic E-state index is 0.00113. The first-order valence-electron chi connectivity index (χ1n) is 9.35. The summed E-state index contributed by atoms with van der Waals surface area (Å²) in [6, 6.07) is 13.8. The van der Waals surface area contributed by atoms with Crippen LogP contribution in [0.4, 0.5) is 0 Å². The number of carbonyl (C=O) groups is 1. The van der Waals surface area contributed by atoms with E-state index in [1.165, 1.54) is 0 Å². The van der Waals surface area contributed by atoms with Gasteiger partial charge in [0.1, 0.15) is 18.1 Å². The first-order chi connectivity index (χ1) is 12.8. The second-order valence-electron chi connectivity index (χ2n) is 6.97. The summed E-state index contributed by atoms with van der Waals surface area (Å²) in [5.41, 5.74) is 1.58. The van der Waals surface area contributed by atoms with Crippen LogP contribution in [-0.2, 0) is 11.3 Å². The van der Waals surface area contributed by atoms with Gasteiger partial charge in [0, 0.05) is 25.4 Å². The van der Waals surface area contributed by atoms with Crippen molar-refractivity contribution in [1.82, 2.24) is 9.88 Å². The number of carbonyl (C=O) groups excluding carboxylic acids is 1. The van der Waals surface area contributed by atoms with Gasteiger partial charge in [-0.25, -0.2) is 0 Å². The van der Waals surface area contributed by atoms with Crippen LogP contribution in [0.5, 0.6) is 5.75 Å². The first-order valence-corrected chi connectivity index (χ1v) is 9.35. The molecule has 4 rings (SSSR count). The van der Waals surface area contributed by atoms with Crippen LogP contribution in [0.3, 0.4) is 0 Å². The van der Waals surface area contributed by atoms with E-state index < -0.39 is 0 Å². The van der Waals surface area contributed by atoms with Crippen LogP contribution in [0, 0.1) is 0 Å². The quantitative estimate of drug-likeness (QED) is 0.766. The SMILES string of the molecule is O=C(c1ccccn1)N(Cc1cccc(OC[C@@H]2CCCO2)c1)C1CC1. The Kier molecular flexibility index (Phi) is 5.16. The number of hydrogen-bond donors (Lipinski definition) is 0. The van der Waals surface area contributed by atoms with Gasteiger partial charge in [0.15, 0.2) is 0 Å². The average molecular weight is 352 g/mol. The van der Waals surface area contributed by atoms with Crippen molar-refractivity contribution in [3.63, 3.8) is 0 Å². The summed E-state index contributed by atoms with van der Waals surface area (Å²) in [5, 5.41) is 0. The van der Waals surface area contributed by atoms with E-state index >= 15 is 0 Å². The highest BCUT2D eigenvalue weighted by Gasteiger charge is 2.33. The molecule has 1 aliphatic carbocycles. The summed E-state index contributed by atoms with van der Waals surface area (Å²) < 4.78 is 11.5. The second kappa shape index (κ2) is 7.87. The number of amides is 1. The van der Waals surface area contributed by atoms with E-state index in [9.17, 15) is 4.79 Å². The molecule has 2 aliphatic rings. The van der Waals surface area contributed by atoms with E-state index in [2.05, 4.69) is 4.98 Å². The van der Waals surface area contributed by atoms with E-state index in [1.807, 2.05) is 41.3 Å². The third kappa shape index (κ3) is 4.22. The van der Waals surface area contributed by atoms with Crippen LogP contribution in [-0.4, -0.2) is 41.2 Å². The molecule has 1 saturated heterocycles. The molecular formula is C21H24N2O3. The zero-order valence-electron chi connectivity index (χ0n) is 14.8. The van der Waals surface area contributed by atoms with Crippen LogP contribution in [0.15, 0.2) is 48.7 Å². The summed E-state index contributed by atoms with van der Waals surface area (Å²) >= 11 is 0. The smallest absolute Gasteiger partial charge is 0.272 e. The summed E-state index contributed by atoms with van der Waals surface area (Å²) in [6.07, 6.45) is 6.17. The van der Waals surface area contributed by atoms with Gasteiger partial charge in [-0.3, -0.25) is 9.78 Å². The van der Waals surface area contributed by atoms with E-state index in [0.29, 0.717) is 24.9 Å². The molecule has 0 N–H and O–H groups in total. The summed E-state index contributed by atoms with van der Waals surface area (Å²) in [6.45, 7) is 2.00. The molecule has 136 valence electrons. The summed E-state index contributed by atoms with van der Waals surface area (Å²) in [4.78, 5) is 19.0. The van der Waals surface area contributed by atoms with Crippen molar-refractivity contribution in [3.05, 3.63) is 59.9 Å². The molecule has 5 heteroatoms.